The summed E-state index contributed by atoms with van der Waals surface area (Å²) in [6, 6.07) is 7.53. The van der Waals surface area contributed by atoms with Crippen LogP contribution in [-0.4, -0.2) is 16.6 Å². The van der Waals surface area contributed by atoms with Gasteiger partial charge in [0, 0.05) is 0 Å². The second-order valence-electron chi connectivity index (χ2n) is 3.68. The largest absolute Gasteiger partial charge is 0.492 e. The number of anilines is 4. The van der Waals surface area contributed by atoms with Crippen molar-refractivity contribution >= 4 is 23.0 Å². The minimum atomic E-state index is 0.344. The lowest BCUT2D eigenvalue weighted by atomic mass is 10.3. The van der Waals surface area contributed by atoms with Gasteiger partial charge in [-0.1, -0.05) is 12.1 Å². The summed E-state index contributed by atoms with van der Waals surface area (Å²) in [6.07, 6.45) is 1.37. The molecule has 0 aliphatic carbocycles. The van der Waals surface area contributed by atoms with Gasteiger partial charge in [0.15, 0.2) is 11.6 Å². The molecule has 7 heteroatoms. The van der Waals surface area contributed by atoms with Crippen LogP contribution in [0.4, 0.5) is 23.0 Å². The zero-order valence-electron chi connectivity index (χ0n) is 10.6. The number of para-hydroxylation sites is 2. The van der Waals surface area contributed by atoms with Gasteiger partial charge in [-0.25, -0.2) is 15.8 Å². The molecule has 0 bridgehead atoms. The molecule has 0 saturated heterocycles. The molecular formula is C12H16N6O. The third kappa shape index (κ3) is 2.83. The van der Waals surface area contributed by atoms with Gasteiger partial charge in [0.1, 0.15) is 17.8 Å². The SMILES string of the molecule is CCOc1ccccc1Nc1ncnc(NN)c1N. The zero-order chi connectivity index (χ0) is 13.7. The minimum absolute atomic E-state index is 0.344. The van der Waals surface area contributed by atoms with Crippen LogP contribution in [0.3, 0.4) is 0 Å². The quantitative estimate of drug-likeness (QED) is 0.476. The van der Waals surface area contributed by atoms with Crippen LogP contribution in [0.15, 0.2) is 30.6 Å². The fourth-order valence-corrected chi connectivity index (χ4v) is 1.59. The summed E-state index contributed by atoms with van der Waals surface area (Å²) in [5.41, 5.74) is 9.43. The molecule has 1 aromatic heterocycles. The van der Waals surface area contributed by atoms with E-state index in [-0.39, 0.29) is 0 Å². The van der Waals surface area contributed by atoms with Gasteiger partial charge in [-0.15, -0.1) is 0 Å². The van der Waals surface area contributed by atoms with E-state index in [0.29, 0.717) is 23.9 Å². The van der Waals surface area contributed by atoms with Gasteiger partial charge in [0.2, 0.25) is 0 Å². The molecule has 1 aromatic carbocycles. The number of rotatable bonds is 5. The molecule has 0 saturated carbocycles. The smallest absolute Gasteiger partial charge is 0.168 e. The monoisotopic (exact) mass is 260 g/mol. The van der Waals surface area contributed by atoms with E-state index in [1.807, 2.05) is 31.2 Å². The Bertz CT molecular complexity index is 560. The summed E-state index contributed by atoms with van der Waals surface area (Å²) in [6.45, 7) is 2.50. The number of hydrazine groups is 1. The average Bonchev–Trinajstić information content (AvgIpc) is 2.43. The number of nitrogens with one attached hydrogen (secondary N) is 2. The Hall–Kier alpha value is -2.54. The Kier molecular flexibility index (Phi) is 3.99. The third-order valence-corrected chi connectivity index (χ3v) is 2.46. The molecular weight excluding hydrogens is 244 g/mol. The zero-order valence-corrected chi connectivity index (χ0v) is 10.6. The molecule has 100 valence electrons. The fraction of sp³-hybridized carbons (Fsp3) is 0.167. The van der Waals surface area contributed by atoms with Crippen molar-refractivity contribution in [2.24, 2.45) is 5.84 Å². The van der Waals surface area contributed by atoms with E-state index in [0.717, 1.165) is 11.4 Å². The van der Waals surface area contributed by atoms with Gasteiger partial charge in [-0.2, -0.15) is 0 Å². The van der Waals surface area contributed by atoms with Crippen LogP contribution in [0.1, 0.15) is 6.92 Å². The van der Waals surface area contributed by atoms with Crippen molar-refractivity contribution in [3.05, 3.63) is 30.6 Å². The lowest BCUT2D eigenvalue weighted by molar-refractivity contribution is 0.342. The predicted octanol–water partition coefficient (Wildman–Crippen LogP) is 1.49. The van der Waals surface area contributed by atoms with Crippen molar-refractivity contribution in [3.63, 3.8) is 0 Å². The highest BCUT2D eigenvalue weighted by Crippen LogP contribution is 2.30. The summed E-state index contributed by atoms with van der Waals surface area (Å²) in [4.78, 5) is 8.00. The maximum atomic E-state index is 5.89. The molecule has 1 heterocycles. The molecule has 19 heavy (non-hydrogen) atoms. The Balaban J connectivity index is 2.31. The number of nitrogen functional groups attached to an aromatic ring is 2. The predicted molar refractivity (Wildman–Crippen MR) is 75.1 cm³/mol. The molecule has 0 atom stereocenters. The van der Waals surface area contributed by atoms with Crippen LogP contribution < -0.4 is 27.1 Å². The number of hydrogen-bond acceptors (Lipinski definition) is 7. The fourth-order valence-electron chi connectivity index (χ4n) is 1.59. The summed E-state index contributed by atoms with van der Waals surface area (Å²) in [5, 5.41) is 3.10. The van der Waals surface area contributed by atoms with Crippen LogP contribution in [0.2, 0.25) is 0 Å². The third-order valence-electron chi connectivity index (χ3n) is 2.46. The number of aromatic nitrogens is 2. The summed E-state index contributed by atoms with van der Waals surface area (Å²) >= 11 is 0. The van der Waals surface area contributed by atoms with Gasteiger partial charge < -0.3 is 21.2 Å². The van der Waals surface area contributed by atoms with Crippen LogP contribution >= 0.6 is 0 Å². The number of benzene rings is 1. The second kappa shape index (κ2) is 5.87. The summed E-state index contributed by atoms with van der Waals surface area (Å²) in [7, 11) is 0. The lowest BCUT2D eigenvalue weighted by Gasteiger charge is -2.13. The van der Waals surface area contributed by atoms with Gasteiger partial charge in [0.25, 0.3) is 0 Å². The van der Waals surface area contributed by atoms with Gasteiger partial charge in [-0.05, 0) is 19.1 Å². The van der Waals surface area contributed by atoms with Gasteiger partial charge in [-0.3, -0.25) is 0 Å². The van der Waals surface area contributed by atoms with Crippen LogP contribution in [-0.2, 0) is 0 Å². The van der Waals surface area contributed by atoms with E-state index < -0.39 is 0 Å². The second-order valence-corrected chi connectivity index (χ2v) is 3.68. The van der Waals surface area contributed by atoms with Gasteiger partial charge >= 0.3 is 0 Å². The molecule has 0 aliphatic heterocycles. The van der Waals surface area contributed by atoms with E-state index in [2.05, 4.69) is 20.7 Å². The van der Waals surface area contributed by atoms with Crippen molar-refractivity contribution < 1.29 is 4.74 Å². The Morgan fingerprint density at radius 1 is 1.21 bits per heavy atom. The molecule has 0 unspecified atom stereocenters. The van der Waals surface area contributed by atoms with Crippen molar-refractivity contribution in [1.29, 1.82) is 0 Å². The highest BCUT2D eigenvalue weighted by atomic mass is 16.5. The van der Waals surface area contributed by atoms with E-state index in [4.69, 9.17) is 16.3 Å². The average molecular weight is 260 g/mol. The van der Waals surface area contributed by atoms with Crippen molar-refractivity contribution in [1.82, 2.24) is 9.97 Å². The van der Waals surface area contributed by atoms with Crippen LogP contribution in [0.5, 0.6) is 5.75 Å². The van der Waals surface area contributed by atoms with Crippen molar-refractivity contribution in [2.75, 3.05) is 23.1 Å². The molecule has 2 aromatic rings. The van der Waals surface area contributed by atoms with E-state index in [9.17, 15) is 0 Å². The number of hydrogen-bond donors (Lipinski definition) is 4. The first-order valence-electron chi connectivity index (χ1n) is 5.82. The molecule has 0 radical (unpaired) electrons. The normalized spacial score (nSPS) is 10.0. The first kappa shape index (κ1) is 12.9. The molecule has 7 nitrogen and oxygen atoms in total. The standard InChI is InChI=1S/C12H16N6O/c1-2-19-9-6-4-3-5-8(9)17-11-10(13)12(18-14)16-7-15-11/h3-7H,2,13-14H2,1H3,(H2,15,16,17,18). The first-order chi connectivity index (χ1) is 9.26. The van der Waals surface area contributed by atoms with Crippen LogP contribution in [0.25, 0.3) is 0 Å². The number of nitrogens with zero attached hydrogens (tertiary/aromatic N) is 2. The van der Waals surface area contributed by atoms with Crippen molar-refractivity contribution in [3.8, 4) is 5.75 Å². The van der Waals surface area contributed by atoms with E-state index in [1.54, 1.807) is 0 Å². The van der Waals surface area contributed by atoms with E-state index >= 15 is 0 Å². The number of ether oxygens (including phenoxy) is 1. The van der Waals surface area contributed by atoms with Crippen LogP contribution in [0, 0.1) is 0 Å². The van der Waals surface area contributed by atoms with Gasteiger partial charge in [0.05, 0.1) is 12.3 Å². The maximum absolute atomic E-state index is 5.89. The van der Waals surface area contributed by atoms with Crippen molar-refractivity contribution in [2.45, 2.75) is 6.92 Å². The maximum Gasteiger partial charge on any atom is 0.168 e. The summed E-state index contributed by atoms with van der Waals surface area (Å²) < 4.78 is 5.52. The Morgan fingerprint density at radius 2 is 1.95 bits per heavy atom. The number of nitrogens with two attached hydrogens (primary N) is 2. The molecule has 0 amide bonds. The minimum Gasteiger partial charge on any atom is -0.492 e. The molecule has 0 aliphatic rings. The lowest BCUT2D eigenvalue weighted by Crippen LogP contribution is -2.13. The first-order valence-corrected chi connectivity index (χ1v) is 5.82. The topological polar surface area (TPSA) is 111 Å². The highest BCUT2D eigenvalue weighted by Gasteiger charge is 2.09. The van der Waals surface area contributed by atoms with E-state index in [1.165, 1.54) is 6.33 Å². The Morgan fingerprint density at radius 3 is 2.68 bits per heavy atom. The molecule has 6 N–H and O–H groups in total. The highest BCUT2D eigenvalue weighted by molar-refractivity contribution is 5.78. The molecule has 0 fully saturated rings. The Labute approximate surface area is 111 Å². The molecule has 2 rings (SSSR count). The molecule has 0 spiro atoms. The summed E-state index contributed by atoms with van der Waals surface area (Å²) in [5.74, 6) is 6.88.